The highest BCUT2D eigenvalue weighted by Gasteiger charge is 2.46. The second kappa shape index (κ2) is 6.95. The van der Waals surface area contributed by atoms with Crippen molar-refractivity contribution in [2.75, 3.05) is 0 Å². The number of fused-ring (bicyclic) bond motifs is 5. The molecule has 2 bridgehead atoms. The molecule has 0 spiro atoms. The molecule has 0 aliphatic carbocycles. The van der Waals surface area contributed by atoms with E-state index in [0.29, 0.717) is 17.8 Å². The lowest BCUT2D eigenvalue weighted by Crippen LogP contribution is -2.42. The maximum Gasteiger partial charge on any atom is 0.272 e. The summed E-state index contributed by atoms with van der Waals surface area (Å²) in [5.41, 5.74) is 3.09. The summed E-state index contributed by atoms with van der Waals surface area (Å²) in [5, 5.41) is 4.65. The first-order chi connectivity index (χ1) is 15.4. The fourth-order valence-electron chi connectivity index (χ4n) is 5.72. The SMILES string of the molecule is Cn1nc2c(c1-c1cc(F)c(F)c(F)c1)C[C@H]1CC[C@@H]2N1C(=O)c1cnc2n1CCCC2. The third-order valence-electron chi connectivity index (χ3n) is 7.12. The number of benzene rings is 1. The van der Waals surface area contributed by atoms with Crippen molar-refractivity contribution in [3.8, 4) is 11.3 Å². The average Bonchev–Trinajstić information content (AvgIpc) is 3.44. The summed E-state index contributed by atoms with van der Waals surface area (Å²) in [6.07, 6.45) is 6.86. The molecular formula is C23H22F3N5O. The molecular weight excluding hydrogens is 419 g/mol. The Kier molecular flexibility index (Phi) is 4.25. The first kappa shape index (κ1) is 19.6. The zero-order chi connectivity index (χ0) is 22.1. The predicted molar refractivity (Wildman–Crippen MR) is 109 cm³/mol. The number of nitrogens with zero attached hydrogens (tertiary/aromatic N) is 5. The van der Waals surface area contributed by atoms with Crippen LogP contribution in [0, 0.1) is 17.5 Å². The molecule has 6 nitrogen and oxygen atoms in total. The van der Waals surface area contributed by atoms with Gasteiger partial charge in [-0.1, -0.05) is 0 Å². The zero-order valence-corrected chi connectivity index (χ0v) is 17.6. The topological polar surface area (TPSA) is 56.0 Å². The van der Waals surface area contributed by atoms with Crippen molar-refractivity contribution < 1.29 is 18.0 Å². The second-order valence-corrected chi connectivity index (χ2v) is 8.92. The fourth-order valence-corrected chi connectivity index (χ4v) is 5.72. The van der Waals surface area contributed by atoms with Gasteiger partial charge >= 0.3 is 0 Å². The van der Waals surface area contributed by atoms with E-state index in [1.54, 1.807) is 17.9 Å². The van der Waals surface area contributed by atoms with Crippen molar-refractivity contribution in [1.82, 2.24) is 24.2 Å². The van der Waals surface area contributed by atoms with Gasteiger partial charge in [-0.3, -0.25) is 9.48 Å². The molecule has 166 valence electrons. The minimum absolute atomic E-state index is 0.0205. The Labute approximate surface area is 182 Å². The minimum Gasteiger partial charge on any atom is -0.325 e. The molecule has 6 rings (SSSR count). The molecule has 32 heavy (non-hydrogen) atoms. The van der Waals surface area contributed by atoms with Crippen molar-refractivity contribution >= 4 is 5.91 Å². The van der Waals surface area contributed by atoms with Crippen LogP contribution < -0.4 is 0 Å². The number of imidazole rings is 1. The van der Waals surface area contributed by atoms with Crippen LogP contribution in [0.4, 0.5) is 13.2 Å². The number of hydrogen-bond donors (Lipinski definition) is 0. The van der Waals surface area contributed by atoms with E-state index >= 15 is 0 Å². The Balaban J connectivity index is 1.40. The molecule has 0 N–H and O–H groups in total. The van der Waals surface area contributed by atoms with Crippen molar-refractivity contribution in [1.29, 1.82) is 0 Å². The van der Waals surface area contributed by atoms with Gasteiger partial charge in [-0.2, -0.15) is 5.10 Å². The van der Waals surface area contributed by atoms with Gasteiger partial charge in [-0.15, -0.1) is 0 Å². The molecule has 3 aliphatic heterocycles. The van der Waals surface area contributed by atoms with E-state index in [2.05, 4.69) is 10.1 Å². The Morgan fingerprint density at radius 3 is 2.69 bits per heavy atom. The van der Waals surface area contributed by atoms with Gasteiger partial charge in [-0.25, -0.2) is 18.2 Å². The second-order valence-electron chi connectivity index (χ2n) is 8.92. The highest BCUT2D eigenvalue weighted by atomic mass is 19.2. The molecule has 2 aromatic heterocycles. The molecule has 1 saturated heterocycles. The van der Waals surface area contributed by atoms with E-state index in [0.717, 1.165) is 67.9 Å². The van der Waals surface area contributed by atoms with E-state index < -0.39 is 17.5 Å². The summed E-state index contributed by atoms with van der Waals surface area (Å²) in [7, 11) is 1.71. The van der Waals surface area contributed by atoms with Crippen molar-refractivity contribution in [2.24, 2.45) is 7.05 Å². The number of rotatable bonds is 2. The van der Waals surface area contributed by atoms with Crippen LogP contribution in [0.2, 0.25) is 0 Å². The van der Waals surface area contributed by atoms with Crippen LogP contribution in [0.25, 0.3) is 11.3 Å². The summed E-state index contributed by atoms with van der Waals surface area (Å²) in [4.78, 5) is 20.0. The number of aryl methyl sites for hydroxylation is 2. The third-order valence-corrected chi connectivity index (χ3v) is 7.12. The summed E-state index contributed by atoms with van der Waals surface area (Å²) in [6, 6.07) is 1.80. The smallest absolute Gasteiger partial charge is 0.272 e. The van der Waals surface area contributed by atoms with E-state index in [4.69, 9.17) is 0 Å². The van der Waals surface area contributed by atoms with Crippen LogP contribution in [0.5, 0.6) is 0 Å². The van der Waals surface area contributed by atoms with Crippen LogP contribution in [0.15, 0.2) is 18.3 Å². The van der Waals surface area contributed by atoms with Crippen molar-refractivity contribution in [3.05, 3.63) is 58.6 Å². The van der Waals surface area contributed by atoms with Gasteiger partial charge in [0.05, 0.1) is 23.6 Å². The maximum atomic E-state index is 13.9. The van der Waals surface area contributed by atoms with Gasteiger partial charge in [0, 0.05) is 37.2 Å². The monoisotopic (exact) mass is 441 g/mol. The van der Waals surface area contributed by atoms with Gasteiger partial charge in [-0.05, 0) is 44.2 Å². The van der Waals surface area contributed by atoms with E-state index in [-0.39, 0.29) is 23.6 Å². The van der Waals surface area contributed by atoms with Crippen LogP contribution in [-0.4, -0.2) is 36.2 Å². The van der Waals surface area contributed by atoms with Crippen molar-refractivity contribution in [3.63, 3.8) is 0 Å². The van der Waals surface area contributed by atoms with Gasteiger partial charge in [0.1, 0.15) is 11.5 Å². The fraction of sp³-hybridized carbons (Fsp3) is 0.435. The Hall–Kier alpha value is -3.10. The number of carbonyl (C=O) groups is 1. The molecule has 2 atom stereocenters. The van der Waals surface area contributed by atoms with Crippen LogP contribution in [0.1, 0.15) is 59.3 Å². The number of amides is 1. The van der Waals surface area contributed by atoms with Gasteiger partial charge in [0.25, 0.3) is 5.91 Å². The molecule has 3 aromatic rings. The molecule has 1 aromatic carbocycles. The summed E-state index contributed by atoms with van der Waals surface area (Å²) >= 11 is 0. The lowest BCUT2D eigenvalue weighted by atomic mass is 9.94. The van der Waals surface area contributed by atoms with E-state index in [9.17, 15) is 18.0 Å². The standard InChI is InChI=1S/C23H22F3N5O/c1-29-22(12-8-15(24)20(26)16(25)9-12)14-10-13-5-6-17(21(14)28-29)31(13)23(32)18-11-27-19-4-2-3-7-30(18)19/h8-9,11,13,17H,2-7,10H2,1H3/t13-,17+/m1/s1. The van der Waals surface area contributed by atoms with Gasteiger partial charge in [0.15, 0.2) is 17.5 Å². The zero-order valence-electron chi connectivity index (χ0n) is 17.6. The number of hydrogen-bond acceptors (Lipinski definition) is 3. The van der Waals surface area contributed by atoms with Gasteiger partial charge in [0.2, 0.25) is 0 Å². The van der Waals surface area contributed by atoms with Crippen molar-refractivity contribution in [2.45, 2.75) is 57.2 Å². The molecule has 9 heteroatoms. The van der Waals surface area contributed by atoms with Gasteiger partial charge < -0.3 is 9.47 Å². The lowest BCUT2D eigenvalue weighted by Gasteiger charge is -2.34. The first-order valence-corrected chi connectivity index (χ1v) is 11.0. The average molecular weight is 441 g/mol. The summed E-state index contributed by atoms with van der Waals surface area (Å²) in [5.74, 6) is -3.00. The summed E-state index contributed by atoms with van der Waals surface area (Å²) < 4.78 is 45.0. The normalized spacial score (nSPS) is 21.6. The number of halogens is 3. The quantitative estimate of drug-likeness (QED) is 0.566. The molecule has 5 heterocycles. The van der Waals surface area contributed by atoms with Crippen LogP contribution in [-0.2, 0) is 26.4 Å². The maximum absolute atomic E-state index is 13.9. The largest absolute Gasteiger partial charge is 0.325 e. The summed E-state index contributed by atoms with van der Waals surface area (Å²) in [6.45, 7) is 0.806. The Morgan fingerprint density at radius 2 is 1.91 bits per heavy atom. The Morgan fingerprint density at radius 1 is 1.12 bits per heavy atom. The van der Waals surface area contributed by atoms with Crippen LogP contribution >= 0.6 is 0 Å². The van der Waals surface area contributed by atoms with E-state index in [1.807, 2.05) is 9.47 Å². The predicted octanol–water partition coefficient (Wildman–Crippen LogP) is 3.94. The minimum atomic E-state index is -1.48. The third kappa shape index (κ3) is 2.69. The highest BCUT2D eigenvalue weighted by Crippen LogP contribution is 2.46. The molecule has 0 saturated carbocycles. The number of carbonyl (C=O) groups excluding carboxylic acids is 1. The molecule has 0 unspecified atom stereocenters. The first-order valence-electron chi connectivity index (χ1n) is 11.0. The Bertz CT molecular complexity index is 1240. The van der Waals surface area contributed by atoms with E-state index in [1.165, 1.54) is 0 Å². The molecule has 0 radical (unpaired) electrons. The van der Waals surface area contributed by atoms with Crippen LogP contribution in [0.3, 0.4) is 0 Å². The molecule has 3 aliphatic rings. The highest BCUT2D eigenvalue weighted by molar-refractivity contribution is 5.93. The number of aromatic nitrogens is 4. The lowest BCUT2D eigenvalue weighted by molar-refractivity contribution is 0.0630. The molecule has 1 amide bonds. The molecule has 1 fully saturated rings.